The van der Waals surface area contributed by atoms with Crippen LogP contribution < -0.4 is 15.8 Å². The first-order chi connectivity index (χ1) is 9.77. The molecule has 5 heteroatoms. The molecule has 1 aliphatic rings. The second-order valence-corrected chi connectivity index (χ2v) is 5.44. The van der Waals surface area contributed by atoms with Crippen LogP contribution in [0.2, 0.25) is 0 Å². The fourth-order valence-corrected chi connectivity index (χ4v) is 2.82. The minimum Gasteiger partial charge on any atom is -0.348 e. The summed E-state index contributed by atoms with van der Waals surface area (Å²) in [5, 5.41) is 3.46. The highest BCUT2D eigenvalue weighted by molar-refractivity contribution is 5.38. The normalized spacial score (nSPS) is 18.7. The van der Waals surface area contributed by atoms with Crippen LogP contribution in [-0.2, 0) is 6.54 Å². The minimum atomic E-state index is 0.0525. The summed E-state index contributed by atoms with van der Waals surface area (Å²) in [5.41, 5.74) is 0.0525. The Bertz CT molecular complexity index is 471. The molecule has 1 aromatic heterocycles. The molecule has 0 spiro atoms. The van der Waals surface area contributed by atoms with E-state index in [2.05, 4.69) is 29.0 Å². The summed E-state index contributed by atoms with van der Waals surface area (Å²) >= 11 is 0. The van der Waals surface area contributed by atoms with Crippen molar-refractivity contribution >= 4 is 5.82 Å². The molecular formula is C15H26N4O. The average molecular weight is 278 g/mol. The largest absolute Gasteiger partial charge is 0.348 e. The molecule has 1 saturated heterocycles. The fourth-order valence-electron chi connectivity index (χ4n) is 2.82. The highest BCUT2D eigenvalue weighted by atomic mass is 16.1. The standard InChI is InChI=1S/C15H26N4O/c1-3-7-16-12-13-6-5-10-19(13)14-15(20)18(9-4-2)11-8-17-14/h8,11,13,16H,3-7,9-10,12H2,1-2H3. The van der Waals surface area contributed by atoms with Crippen molar-refractivity contribution < 1.29 is 0 Å². The predicted molar refractivity (Wildman–Crippen MR) is 82.3 cm³/mol. The van der Waals surface area contributed by atoms with Crippen molar-refractivity contribution in [3.8, 4) is 0 Å². The van der Waals surface area contributed by atoms with E-state index in [1.165, 1.54) is 0 Å². The Morgan fingerprint density at radius 2 is 2.25 bits per heavy atom. The first-order valence-corrected chi connectivity index (χ1v) is 7.80. The molecule has 2 rings (SSSR count). The number of aryl methyl sites for hydroxylation is 1. The van der Waals surface area contributed by atoms with E-state index in [9.17, 15) is 4.79 Å². The van der Waals surface area contributed by atoms with Gasteiger partial charge in [0, 0.05) is 38.1 Å². The van der Waals surface area contributed by atoms with Crippen LogP contribution in [0, 0.1) is 0 Å². The van der Waals surface area contributed by atoms with Crippen LogP contribution in [0.25, 0.3) is 0 Å². The maximum Gasteiger partial charge on any atom is 0.293 e. The fraction of sp³-hybridized carbons (Fsp3) is 0.733. The summed E-state index contributed by atoms with van der Waals surface area (Å²) in [6.07, 6.45) is 7.92. The first-order valence-electron chi connectivity index (χ1n) is 7.80. The van der Waals surface area contributed by atoms with Gasteiger partial charge in [-0.15, -0.1) is 0 Å². The van der Waals surface area contributed by atoms with Crippen molar-refractivity contribution in [1.29, 1.82) is 0 Å². The van der Waals surface area contributed by atoms with Crippen molar-refractivity contribution in [2.75, 3.05) is 24.5 Å². The number of anilines is 1. The minimum absolute atomic E-state index is 0.0525. The Balaban J connectivity index is 2.13. The number of rotatable bonds is 7. The molecule has 20 heavy (non-hydrogen) atoms. The van der Waals surface area contributed by atoms with Crippen molar-refractivity contribution in [2.24, 2.45) is 0 Å². The van der Waals surface area contributed by atoms with Gasteiger partial charge in [0.05, 0.1) is 0 Å². The van der Waals surface area contributed by atoms with Crippen LogP contribution in [0.15, 0.2) is 17.2 Å². The van der Waals surface area contributed by atoms with Crippen LogP contribution in [0.5, 0.6) is 0 Å². The molecule has 1 unspecified atom stereocenters. The molecule has 1 atom stereocenters. The third-order valence-corrected chi connectivity index (χ3v) is 3.82. The van der Waals surface area contributed by atoms with E-state index >= 15 is 0 Å². The Labute approximate surface area is 121 Å². The van der Waals surface area contributed by atoms with E-state index in [0.29, 0.717) is 11.9 Å². The van der Waals surface area contributed by atoms with Crippen LogP contribution in [0.4, 0.5) is 5.82 Å². The van der Waals surface area contributed by atoms with Crippen molar-refractivity contribution in [3.63, 3.8) is 0 Å². The maximum atomic E-state index is 12.5. The quantitative estimate of drug-likeness (QED) is 0.770. The Morgan fingerprint density at radius 1 is 1.40 bits per heavy atom. The van der Waals surface area contributed by atoms with E-state index in [0.717, 1.165) is 51.9 Å². The number of hydrogen-bond acceptors (Lipinski definition) is 4. The Kier molecular flexibility index (Phi) is 5.59. The number of aromatic nitrogens is 2. The Morgan fingerprint density at radius 3 is 3.00 bits per heavy atom. The molecule has 5 nitrogen and oxygen atoms in total. The van der Waals surface area contributed by atoms with Gasteiger partial charge in [-0.25, -0.2) is 4.98 Å². The van der Waals surface area contributed by atoms with Gasteiger partial charge in [0.25, 0.3) is 5.56 Å². The van der Waals surface area contributed by atoms with Gasteiger partial charge in [0.15, 0.2) is 5.82 Å². The topological polar surface area (TPSA) is 50.2 Å². The van der Waals surface area contributed by atoms with Gasteiger partial charge in [-0.1, -0.05) is 13.8 Å². The first kappa shape index (κ1) is 15.0. The average Bonchev–Trinajstić information content (AvgIpc) is 2.90. The summed E-state index contributed by atoms with van der Waals surface area (Å²) < 4.78 is 1.77. The van der Waals surface area contributed by atoms with Gasteiger partial charge in [-0.05, 0) is 32.2 Å². The second kappa shape index (κ2) is 7.43. The molecule has 1 aromatic rings. The molecule has 1 N–H and O–H groups in total. The van der Waals surface area contributed by atoms with Gasteiger partial charge in [-0.2, -0.15) is 0 Å². The van der Waals surface area contributed by atoms with Crippen LogP contribution in [0.1, 0.15) is 39.5 Å². The molecule has 0 aromatic carbocycles. The lowest BCUT2D eigenvalue weighted by molar-refractivity contribution is 0.563. The molecular weight excluding hydrogens is 252 g/mol. The third-order valence-electron chi connectivity index (χ3n) is 3.82. The highest BCUT2D eigenvalue weighted by Crippen LogP contribution is 2.20. The molecule has 1 fully saturated rings. The van der Waals surface area contributed by atoms with Gasteiger partial charge in [0.1, 0.15) is 0 Å². The Hall–Kier alpha value is -1.36. The lowest BCUT2D eigenvalue weighted by atomic mass is 10.2. The summed E-state index contributed by atoms with van der Waals surface area (Å²) in [4.78, 5) is 19.0. The van der Waals surface area contributed by atoms with Crippen LogP contribution >= 0.6 is 0 Å². The lowest BCUT2D eigenvalue weighted by Crippen LogP contribution is -2.42. The van der Waals surface area contributed by atoms with Gasteiger partial charge in [-0.3, -0.25) is 4.79 Å². The third kappa shape index (κ3) is 3.39. The number of nitrogens with zero attached hydrogens (tertiary/aromatic N) is 3. The lowest BCUT2D eigenvalue weighted by Gasteiger charge is -2.25. The zero-order valence-electron chi connectivity index (χ0n) is 12.6. The zero-order valence-corrected chi connectivity index (χ0v) is 12.6. The van der Waals surface area contributed by atoms with Crippen molar-refractivity contribution in [1.82, 2.24) is 14.9 Å². The molecule has 0 bridgehead atoms. The van der Waals surface area contributed by atoms with E-state index in [1.807, 2.05) is 0 Å². The number of hydrogen-bond donors (Lipinski definition) is 1. The monoisotopic (exact) mass is 278 g/mol. The summed E-state index contributed by atoms with van der Waals surface area (Å²) in [7, 11) is 0. The van der Waals surface area contributed by atoms with Gasteiger partial charge >= 0.3 is 0 Å². The molecule has 2 heterocycles. The SMILES string of the molecule is CCCNCC1CCCN1c1nccn(CCC)c1=O. The molecule has 0 saturated carbocycles. The second-order valence-electron chi connectivity index (χ2n) is 5.44. The maximum absolute atomic E-state index is 12.5. The van der Waals surface area contributed by atoms with Crippen molar-refractivity contribution in [2.45, 2.75) is 52.1 Å². The van der Waals surface area contributed by atoms with Gasteiger partial charge < -0.3 is 14.8 Å². The molecule has 1 aliphatic heterocycles. The summed E-state index contributed by atoms with van der Waals surface area (Å²) in [5.74, 6) is 0.627. The summed E-state index contributed by atoms with van der Waals surface area (Å²) in [6.45, 7) is 7.93. The number of nitrogens with one attached hydrogen (secondary N) is 1. The molecule has 0 radical (unpaired) electrons. The summed E-state index contributed by atoms with van der Waals surface area (Å²) in [6, 6.07) is 0.402. The molecule has 112 valence electrons. The van der Waals surface area contributed by atoms with E-state index < -0.39 is 0 Å². The predicted octanol–water partition coefficient (Wildman–Crippen LogP) is 1.62. The van der Waals surface area contributed by atoms with Crippen LogP contribution in [0.3, 0.4) is 0 Å². The highest BCUT2D eigenvalue weighted by Gasteiger charge is 2.27. The van der Waals surface area contributed by atoms with E-state index in [-0.39, 0.29) is 5.56 Å². The van der Waals surface area contributed by atoms with Gasteiger partial charge in [0.2, 0.25) is 0 Å². The van der Waals surface area contributed by atoms with Crippen LogP contribution in [-0.4, -0.2) is 35.2 Å². The smallest absolute Gasteiger partial charge is 0.293 e. The van der Waals surface area contributed by atoms with Crippen molar-refractivity contribution in [3.05, 3.63) is 22.7 Å². The van der Waals surface area contributed by atoms with E-state index in [4.69, 9.17) is 0 Å². The molecule has 0 aliphatic carbocycles. The zero-order chi connectivity index (χ0) is 14.4. The van der Waals surface area contributed by atoms with E-state index in [1.54, 1.807) is 17.0 Å². The molecule has 0 amide bonds.